The van der Waals surface area contributed by atoms with Crippen LogP contribution in [0.15, 0.2) is 141 Å². The van der Waals surface area contributed by atoms with Crippen LogP contribution in [-0.4, -0.2) is 166 Å². The summed E-state index contributed by atoms with van der Waals surface area (Å²) in [6.45, 7) is 7.76. The molecular weight excluding hydrogens is 1790 g/mol. The summed E-state index contributed by atoms with van der Waals surface area (Å²) in [6.07, 6.45) is 22.5. The number of aryl methyl sites for hydroxylation is 7. The van der Waals surface area contributed by atoms with E-state index in [-0.39, 0.29) is 46.1 Å². The van der Waals surface area contributed by atoms with Gasteiger partial charge in [-0.1, -0.05) is 23.5 Å². The molecule has 4 aliphatic carbocycles. The molecular formula is C101H89F7N26O3S. The van der Waals surface area contributed by atoms with E-state index in [9.17, 15) is 40.3 Å². The van der Waals surface area contributed by atoms with Gasteiger partial charge in [0.1, 0.15) is 28.2 Å². The fourth-order valence-corrected chi connectivity index (χ4v) is 21.5. The maximum atomic E-state index is 14.8. The van der Waals surface area contributed by atoms with E-state index in [1.165, 1.54) is 80.1 Å². The number of pyridine rings is 5. The number of alkyl halides is 5. The number of halogens is 7. The lowest BCUT2D eigenvalue weighted by Crippen LogP contribution is -2.44. The first-order chi connectivity index (χ1) is 67.1. The number of nitrogens with two attached hydrogens (primary N) is 1. The van der Waals surface area contributed by atoms with Gasteiger partial charge in [-0.05, 0) is 234 Å². The molecule has 0 unspecified atom stereocenters. The second kappa shape index (κ2) is 36.0. The molecule has 0 spiro atoms. The van der Waals surface area contributed by atoms with Crippen LogP contribution in [0.3, 0.4) is 0 Å². The van der Waals surface area contributed by atoms with Gasteiger partial charge in [0.25, 0.3) is 18.8 Å². The summed E-state index contributed by atoms with van der Waals surface area (Å²) in [6, 6.07) is 26.2. The Morgan fingerprint density at radius 2 is 0.949 bits per heavy atom. The third-order valence-electron chi connectivity index (χ3n) is 27.3. The monoisotopic (exact) mass is 1880 g/mol. The van der Waals surface area contributed by atoms with Gasteiger partial charge in [-0.2, -0.15) is 54.0 Å². The molecule has 0 atom stereocenters. The number of aromatic nitrogens is 22. The minimum absolute atomic E-state index is 0.112. The number of nitrogens with zero attached hydrogens (tertiary/aromatic N) is 17. The van der Waals surface area contributed by atoms with Crippen molar-refractivity contribution in [1.82, 2.24) is 121 Å². The SMILES string of the molecule is CN1CCN(Cc2ccc(NC(=O)c3nc4ccc5[nH]ncc5c4c4c3CCCC4)cc2C(F)(F)F)CC1.Cc1[nH]ncc1-c1nc2c(F)cc3[nH]ncc3c2c2c1CCCC2.Cc1[nH]ncc1-c1nc2ccc3[nH]ncc3c2c2c1CCCC2.Cn1cc(-c2nc3c(F)cc4[nH]ncc4c3c3c2CCCC3)c(C(F)F)n1.Nc1nc2ccc(-c3cc(OC=O)c4c(ccc5[nH]ncc54)n3)cc2s1. The highest BCUT2D eigenvalue weighted by molar-refractivity contribution is 7.22. The van der Waals surface area contributed by atoms with Crippen LogP contribution >= 0.6 is 11.3 Å². The van der Waals surface area contributed by atoms with Gasteiger partial charge in [-0.3, -0.25) is 54.9 Å². The quantitative estimate of drug-likeness (QED) is 0.0429. The highest BCUT2D eigenvalue weighted by Crippen LogP contribution is 2.47. The minimum atomic E-state index is -4.53. The Kier molecular flexibility index (Phi) is 23.0. The van der Waals surface area contributed by atoms with Crippen LogP contribution in [0.25, 0.3) is 164 Å². The Morgan fingerprint density at radius 1 is 0.493 bits per heavy atom. The molecule has 696 valence electrons. The average molecular weight is 1880 g/mol. The zero-order chi connectivity index (χ0) is 94.5. The number of piperazine rings is 1. The van der Waals surface area contributed by atoms with Gasteiger partial charge in [0.15, 0.2) is 16.8 Å². The number of carbonyl (C=O) groups is 2. The molecule has 0 saturated carbocycles. The summed E-state index contributed by atoms with van der Waals surface area (Å²) < 4.78 is 106. The Morgan fingerprint density at radius 3 is 1.46 bits per heavy atom. The maximum absolute atomic E-state index is 14.8. The summed E-state index contributed by atoms with van der Waals surface area (Å²) in [5, 5.41) is 66.1. The van der Waals surface area contributed by atoms with E-state index in [0.29, 0.717) is 51.7 Å². The molecule has 10 N–H and O–H groups in total. The number of hydrogen-bond acceptors (Lipinski definition) is 21. The number of ether oxygens (including phenoxy) is 1. The molecule has 26 rings (SSSR count). The van der Waals surface area contributed by atoms with E-state index < -0.39 is 29.9 Å². The molecule has 1 saturated heterocycles. The summed E-state index contributed by atoms with van der Waals surface area (Å²) in [5.74, 6) is -0.843. The number of anilines is 2. The topological polar surface area (TPSA) is 384 Å². The molecule has 1 fully saturated rings. The number of hydrogen-bond donors (Lipinski definition) is 9. The number of amides is 1. The molecule has 29 nitrogen and oxygen atoms in total. The molecule has 15 heterocycles. The van der Waals surface area contributed by atoms with E-state index >= 15 is 0 Å². The van der Waals surface area contributed by atoms with Crippen molar-refractivity contribution in [1.29, 1.82) is 0 Å². The summed E-state index contributed by atoms with van der Waals surface area (Å²) in [7, 11) is 3.61. The van der Waals surface area contributed by atoms with Crippen molar-refractivity contribution < 1.29 is 45.1 Å². The first kappa shape index (κ1) is 87.9. The summed E-state index contributed by atoms with van der Waals surface area (Å²) >= 11 is 1.42. The molecule has 0 radical (unpaired) electrons. The molecule has 14 aromatic heterocycles. The van der Waals surface area contributed by atoms with Gasteiger partial charge in [-0.25, -0.2) is 47.5 Å². The summed E-state index contributed by atoms with van der Waals surface area (Å²) in [5.41, 5.74) is 31.0. The Labute approximate surface area is 783 Å². The number of benzene rings is 7. The zero-order valence-electron chi connectivity index (χ0n) is 75.2. The lowest BCUT2D eigenvalue weighted by molar-refractivity contribution is -0.138. The second-order valence-electron chi connectivity index (χ2n) is 35.8. The van der Waals surface area contributed by atoms with Crippen LogP contribution in [-0.2, 0) is 75.9 Å². The number of fused-ring (bicyclic) bond motifs is 24. The van der Waals surface area contributed by atoms with Gasteiger partial charge < -0.3 is 20.7 Å². The number of likely N-dealkylation sites (N-methyl/N-ethyl adjacent to an activating group) is 1. The number of nitrogens with one attached hydrogen (secondary N) is 8. The molecule has 138 heavy (non-hydrogen) atoms. The molecule has 0 bridgehead atoms. The van der Waals surface area contributed by atoms with E-state index in [1.54, 1.807) is 56.4 Å². The maximum Gasteiger partial charge on any atom is 0.416 e. The molecule has 1 amide bonds. The number of rotatable bonds is 11. The van der Waals surface area contributed by atoms with E-state index in [2.05, 4.69) is 116 Å². The predicted molar refractivity (Wildman–Crippen MR) is 517 cm³/mol. The van der Waals surface area contributed by atoms with E-state index in [0.717, 1.165) is 264 Å². The Balaban J connectivity index is 0.000000101. The van der Waals surface area contributed by atoms with Crippen molar-refractivity contribution in [3.8, 4) is 50.8 Å². The van der Waals surface area contributed by atoms with Gasteiger partial charge >= 0.3 is 6.18 Å². The first-order valence-electron chi connectivity index (χ1n) is 45.9. The molecule has 5 aliphatic rings. The van der Waals surface area contributed by atoms with Crippen molar-refractivity contribution in [2.24, 2.45) is 7.05 Å². The largest absolute Gasteiger partial charge is 0.428 e. The molecule has 7 aromatic carbocycles. The van der Waals surface area contributed by atoms with Crippen molar-refractivity contribution in [3.05, 3.63) is 231 Å². The number of carbonyl (C=O) groups excluding carboxylic acids is 2. The number of H-pyrrole nitrogens is 7. The average Bonchev–Trinajstić information content (AvgIpc) is 1.50. The van der Waals surface area contributed by atoms with Crippen LogP contribution < -0.4 is 15.8 Å². The predicted octanol–water partition coefficient (Wildman–Crippen LogP) is 20.5. The van der Waals surface area contributed by atoms with Crippen LogP contribution in [0.2, 0.25) is 0 Å². The second-order valence-corrected chi connectivity index (χ2v) is 36.8. The van der Waals surface area contributed by atoms with E-state index in [4.69, 9.17) is 30.4 Å². The number of nitrogen functional groups attached to an aromatic ring is 1. The smallest absolute Gasteiger partial charge is 0.416 e. The van der Waals surface area contributed by atoms with Crippen LogP contribution in [0, 0.1) is 25.5 Å². The molecule has 21 aromatic rings. The number of aromatic amines is 7. The van der Waals surface area contributed by atoms with Gasteiger partial charge in [0.2, 0.25) is 0 Å². The highest BCUT2D eigenvalue weighted by Gasteiger charge is 2.37. The zero-order valence-corrected chi connectivity index (χ0v) is 76.1. The highest BCUT2D eigenvalue weighted by atomic mass is 32.1. The van der Waals surface area contributed by atoms with Crippen LogP contribution in [0.5, 0.6) is 5.75 Å². The normalized spacial score (nSPS) is 14.6. The van der Waals surface area contributed by atoms with Crippen LogP contribution in [0.4, 0.5) is 41.6 Å². The Bertz CT molecular complexity index is 8400. The number of thiazole rings is 1. The fourth-order valence-electron chi connectivity index (χ4n) is 20.8. The lowest BCUT2D eigenvalue weighted by atomic mass is 9.85. The molecule has 37 heteroatoms. The standard InChI is InChI=1S/C28H29F3N6O.C19H16F3N5.C18H16FN5.C18H11N5O2S.C18H17N5/c1-36-10-12-37(13-11-36)16-17-6-7-18(14-22(17)28(29,30)31)33-27(38)26-20-5-3-2-4-19(20)25-21-15-32-35-23(21)8-9-24(25)34-26;1-27-8-12(17(26-27)19(21)22)16-10-5-3-2-4-9(10)15-11-7-23-25-14(11)6-13(20)18(15)24-16;1-9-12(7-20-23-9)17-11-5-3-2-4-10(11)16-13-8-21-24-15(13)6-14(19)18(16)22-17;19-18-22-12-2-1-9(5-16(12)26-18)14-6-15(25-8-24)17-10-7-20-23-11(10)3-4-13(17)21-14;1-10-13(8-19-22-10)18-12-5-3-2-4-11(12)17-14-9-20-23-15(14)6-7-16(17)21-18/h6-9,14-15H,2-5,10-13,16H2,1H3,(H,32,35)(H,33,38);6-8,19H,2-5H2,1H3,(H,23,25);6-8H,2-5H2,1H3,(H,20,23)(H,21,24);1-8H,(H2,19,22)(H,20,23);6-9H,2-5H2,1H3,(H,19,22)(H,20,23). The van der Waals surface area contributed by atoms with Crippen molar-refractivity contribution in [3.63, 3.8) is 0 Å². The van der Waals surface area contributed by atoms with Gasteiger partial charge in [0, 0.05) is 152 Å². The Hall–Kier alpha value is -15.4. The van der Waals surface area contributed by atoms with Crippen molar-refractivity contribution >= 4 is 154 Å². The van der Waals surface area contributed by atoms with Gasteiger partial charge in [0.05, 0.1) is 131 Å². The van der Waals surface area contributed by atoms with Crippen molar-refractivity contribution in [2.75, 3.05) is 44.3 Å². The third kappa shape index (κ3) is 16.2. The fraction of sp³-hybridized carbons (Fsp3) is 0.267. The van der Waals surface area contributed by atoms with Crippen LogP contribution in [0.1, 0.15) is 141 Å². The lowest BCUT2D eigenvalue weighted by Gasteiger charge is -2.33. The third-order valence-corrected chi connectivity index (χ3v) is 28.1. The molecule has 1 aliphatic heterocycles. The first-order valence-corrected chi connectivity index (χ1v) is 46.7. The minimum Gasteiger partial charge on any atom is -0.428 e. The van der Waals surface area contributed by atoms with Gasteiger partial charge in [-0.15, -0.1) is 0 Å². The van der Waals surface area contributed by atoms with Crippen molar-refractivity contribution in [2.45, 2.75) is 136 Å². The summed E-state index contributed by atoms with van der Waals surface area (Å²) in [4.78, 5) is 56.7. The van der Waals surface area contributed by atoms with E-state index in [1.807, 2.05) is 73.7 Å².